The molecule has 0 radical (unpaired) electrons. The van der Waals surface area contributed by atoms with Crippen LogP contribution in [0.4, 0.5) is 0 Å². The van der Waals surface area contributed by atoms with Crippen molar-refractivity contribution in [3.63, 3.8) is 0 Å². The summed E-state index contributed by atoms with van der Waals surface area (Å²) in [5.74, 6) is 0.0609. The largest absolute Gasteiger partial charge is 0.456 e. The second kappa shape index (κ2) is 10.0. The zero-order chi connectivity index (χ0) is 20.9. The summed E-state index contributed by atoms with van der Waals surface area (Å²) in [6.07, 6.45) is 3.81. The summed E-state index contributed by atoms with van der Waals surface area (Å²) in [7, 11) is -4.31. The van der Waals surface area contributed by atoms with Gasteiger partial charge in [-0.3, -0.25) is 0 Å². The third-order valence-corrected chi connectivity index (χ3v) is 15.1. The van der Waals surface area contributed by atoms with Gasteiger partial charge in [0.05, 0.1) is 6.10 Å². The SMILES string of the molecule is C=CC(=O)OC1CCC(CC[Si](C)(C)O[Si](C)(C)CC[Si](C)(C)C)CC1O. The van der Waals surface area contributed by atoms with E-state index < -0.39 is 36.8 Å². The summed E-state index contributed by atoms with van der Waals surface area (Å²) in [4.78, 5) is 11.4. The second-order valence-corrected chi connectivity index (χ2v) is 25.1. The lowest BCUT2D eigenvalue weighted by molar-refractivity contribution is -0.152. The highest BCUT2D eigenvalue weighted by Crippen LogP contribution is 2.33. The van der Waals surface area contributed by atoms with Crippen LogP contribution in [0.1, 0.15) is 25.7 Å². The molecule has 0 aromatic rings. The van der Waals surface area contributed by atoms with Crippen molar-refractivity contribution < 1.29 is 18.8 Å². The number of hydrogen-bond acceptors (Lipinski definition) is 4. The molecule has 1 fully saturated rings. The van der Waals surface area contributed by atoms with Gasteiger partial charge in [-0.2, -0.15) is 0 Å². The molecular weight excluding hydrogens is 388 g/mol. The summed E-state index contributed by atoms with van der Waals surface area (Å²) in [6.45, 7) is 20.2. The van der Waals surface area contributed by atoms with Crippen LogP contribution in [-0.2, 0) is 13.6 Å². The molecule has 7 heteroatoms. The second-order valence-electron chi connectivity index (χ2n) is 10.6. The molecule has 27 heavy (non-hydrogen) atoms. The van der Waals surface area contributed by atoms with Gasteiger partial charge in [-0.1, -0.05) is 38.7 Å². The quantitative estimate of drug-likeness (QED) is 0.286. The number of hydrogen-bond donors (Lipinski definition) is 1. The Kier molecular flexibility index (Phi) is 9.20. The molecule has 4 nitrogen and oxygen atoms in total. The molecular formula is C20H42O4Si3. The Morgan fingerprint density at radius 3 is 2.15 bits per heavy atom. The molecule has 0 amide bonds. The fourth-order valence-electron chi connectivity index (χ4n) is 3.88. The molecule has 158 valence electrons. The fraction of sp³-hybridized carbons (Fsp3) is 0.850. The molecule has 0 heterocycles. The minimum atomic E-state index is -1.69. The van der Waals surface area contributed by atoms with Crippen molar-refractivity contribution in [1.82, 2.24) is 0 Å². The monoisotopic (exact) mass is 430 g/mol. The summed E-state index contributed by atoms with van der Waals surface area (Å²) in [5.41, 5.74) is 0. The molecule has 0 aromatic carbocycles. The normalized spacial score (nSPS) is 24.5. The third-order valence-electron chi connectivity index (χ3n) is 5.48. The molecule has 0 bridgehead atoms. The first-order chi connectivity index (χ1) is 12.2. The van der Waals surface area contributed by atoms with Crippen molar-refractivity contribution >= 4 is 30.7 Å². The molecule has 1 N–H and O–H groups in total. The Morgan fingerprint density at radius 1 is 1.04 bits per heavy atom. The first-order valence-electron chi connectivity index (χ1n) is 10.4. The maximum Gasteiger partial charge on any atom is 0.330 e. The highest BCUT2D eigenvalue weighted by Gasteiger charge is 2.36. The van der Waals surface area contributed by atoms with Gasteiger partial charge in [0.15, 0.2) is 16.6 Å². The molecule has 0 spiro atoms. The van der Waals surface area contributed by atoms with Crippen LogP contribution in [0.2, 0.25) is 64.0 Å². The number of rotatable bonds is 10. The van der Waals surface area contributed by atoms with E-state index in [2.05, 4.69) is 52.4 Å². The van der Waals surface area contributed by atoms with Crippen LogP contribution in [0.3, 0.4) is 0 Å². The average Bonchev–Trinajstić information content (AvgIpc) is 2.52. The summed E-state index contributed by atoms with van der Waals surface area (Å²) < 4.78 is 12.0. The van der Waals surface area contributed by atoms with Crippen LogP contribution in [0.15, 0.2) is 12.7 Å². The number of esters is 1. The Labute approximate surface area is 170 Å². The molecule has 3 unspecified atom stereocenters. The minimum absolute atomic E-state index is 0.374. The minimum Gasteiger partial charge on any atom is -0.456 e. The van der Waals surface area contributed by atoms with Gasteiger partial charge in [-0.05, 0) is 63.5 Å². The lowest BCUT2D eigenvalue weighted by Gasteiger charge is -2.37. The zero-order valence-electron chi connectivity index (χ0n) is 18.6. The van der Waals surface area contributed by atoms with Gasteiger partial charge in [0.1, 0.15) is 6.10 Å². The summed E-state index contributed by atoms with van der Waals surface area (Å²) >= 11 is 0. The van der Waals surface area contributed by atoms with Crippen LogP contribution in [0.25, 0.3) is 0 Å². The van der Waals surface area contributed by atoms with Crippen LogP contribution in [0.5, 0.6) is 0 Å². The predicted molar refractivity (Wildman–Crippen MR) is 122 cm³/mol. The highest BCUT2D eigenvalue weighted by atomic mass is 28.4. The van der Waals surface area contributed by atoms with Crippen LogP contribution >= 0.6 is 0 Å². The predicted octanol–water partition coefficient (Wildman–Crippen LogP) is 5.40. The third kappa shape index (κ3) is 10.2. The van der Waals surface area contributed by atoms with Crippen LogP contribution in [-0.4, -0.2) is 48.0 Å². The first kappa shape index (κ1) is 24.8. The van der Waals surface area contributed by atoms with Crippen molar-refractivity contribution in [2.24, 2.45) is 5.92 Å². The average molecular weight is 431 g/mol. The van der Waals surface area contributed by atoms with Gasteiger partial charge < -0.3 is 14.0 Å². The van der Waals surface area contributed by atoms with E-state index in [-0.39, 0.29) is 6.10 Å². The van der Waals surface area contributed by atoms with Gasteiger partial charge >= 0.3 is 5.97 Å². The Balaban J connectivity index is 2.45. The lowest BCUT2D eigenvalue weighted by Crippen LogP contribution is -2.45. The number of aliphatic hydroxyl groups is 1. The molecule has 0 aliphatic heterocycles. The Morgan fingerprint density at radius 2 is 1.63 bits per heavy atom. The summed E-state index contributed by atoms with van der Waals surface area (Å²) in [5, 5.41) is 10.3. The summed E-state index contributed by atoms with van der Waals surface area (Å²) in [6, 6.07) is 3.78. The van der Waals surface area contributed by atoms with E-state index in [1.54, 1.807) is 0 Å². The molecule has 1 saturated carbocycles. The van der Waals surface area contributed by atoms with Gasteiger partial charge in [-0.25, -0.2) is 4.79 Å². The van der Waals surface area contributed by atoms with E-state index in [4.69, 9.17) is 8.85 Å². The standard InChI is InChI=1S/C20H42O4Si3/c1-9-20(22)23-19-11-10-17(16-18(19)21)12-13-26(5,6)24-27(7,8)15-14-25(2,3)4/h9,17-19,21H,1,10-16H2,2-8H3. The van der Waals surface area contributed by atoms with Gasteiger partial charge in [0.25, 0.3) is 0 Å². The van der Waals surface area contributed by atoms with E-state index in [1.165, 1.54) is 12.1 Å². The Hall–Kier alpha value is -0.219. The van der Waals surface area contributed by atoms with Crippen molar-refractivity contribution in [3.8, 4) is 0 Å². The number of carbonyl (C=O) groups excluding carboxylic acids is 1. The highest BCUT2D eigenvalue weighted by molar-refractivity contribution is 6.86. The van der Waals surface area contributed by atoms with E-state index in [1.807, 2.05) is 0 Å². The van der Waals surface area contributed by atoms with Crippen molar-refractivity contribution in [3.05, 3.63) is 12.7 Å². The van der Waals surface area contributed by atoms with Gasteiger partial charge in [-0.15, -0.1) is 0 Å². The topological polar surface area (TPSA) is 55.8 Å². The Bertz CT molecular complexity index is 500. The zero-order valence-corrected chi connectivity index (χ0v) is 21.6. The van der Waals surface area contributed by atoms with Crippen molar-refractivity contribution in [1.29, 1.82) is 0 Å². The number of ether oxygens (including phenoxy) is 1. The molecule has 1 rings (SSSR count). The van der Waals surface area contributed by atoms with Crippen LogP contribution in [0, 0.1) is 5.92 Å². The molecule has 3 atom stereocenters. The number of aliphatic hydroxyl groups excluding tert-OH is 1. The smallest absolute Gasteiger partial charge is 0.330 e. The fourth-order valence-corrected chi connectivity index (χ4v) is 17.2. The molecule has 1 aliphatic rings. The van der Waals surface area contributed by atoms with Gasteiger partial charge in [0.2, 0.25) is 0 Å². The van der Waals surface area contributed by atoms with E-state index in [9.17, 15) is 9.90 Å². The van der Waals surface area contributed by atoms with E-state index in [0.717, 1.165) is 37.8 Å². The van der Waals surface area contributed by atoms with E-state index in [0.29, 0.717) is 5.92 Å². The first-order valence-corrected chi connectivity index (χ1v) is 20.4. The van der Waals surface area contributed by atoms with Crippen LogP contribution < -0.4 is 0 Å². The maximum absolute atomic E-state index is 11.4. The van der Waals surface area contributed by atoms with Gasteiger partial charge in [0, 0.05) is 14.1 Å². The van der Waals surface area contributed by atoms with E-state index >= 15 is 0 Å². The lowest BCUT2D eigenvalue weighted by atomic mass is 9.84. The molecule has 1 aliphatic carbocycles. The molecule has 0 saturated heterocycles. The number of carbonyl (C=O) groups is 1. The van der Waals surface area contributed by atoms with Crippen molar-refractivity contribution in [2.75, 3.05) is 0 Å². The maximum atomic E-state index is 11.4. The van der Waals surface area contributed by atoms with Crippen molar-refractivity contribution in [2.45, 2.75) is 102 Å². The molecule has 0 aromatic heterocycles.